The predicted octanol–water partition coefficient (Wildman–Crippen LogP) is 2.09. The first kappa shape index (κ1) is 9.04. The van der Waals surface area contributed by atoms with Crippen LogP contribution < -0.4 is 5.32 Å². The third kappa shape index (κ3) is 2.45. The summed E-state index contributed by atoms with van der Waals surface area (Å²) in [6.07, 6.45) is 9.16. The van der Waals surface area contributed by atoms with E-state index >= 15 is 0 Å². The van der Waals surface area contributed by atoms with E-state index in [-0.39, 0.29) is 5.91 Å². The summed E-state index contributed by atoms with van der Waals surface area (Å²) in [6, 6.07) is 0. The molecular formula is C11H19NO. The Bertz CT molecular complexity index is 185. The summed E-state index contributed by atoms with van der Waals surface area (Å²) in [7, 11) is 0. The number of hydrogen-bond donors (Lipinski definition) is 1. The third-order valence-electron chi connectivity index (χ3n) is 3.52. The minimum Gasteiger partial charge on any atom is -0.356 e. The molecule has 2 heteroatoms. The van der Waals surface area contributed by atoms with Gasteiger partial charge in [-0.3, -0.25) is 4.79 Å². The molecule has 0 spiro atoms. The van der Waals surface area contributed by atoms with Crippen molar-refractivity contribution >= 4 is 5.91 Å². The topological polar surface area (TPSA) is 29.1 Å². The smallest absolute Gasteiger partial charge is 0.220 e. The fraction of sp³-hybridized carbons (Fsp3) is 0.909. The van der Waals surface area contributed by atoms with Gasteiger partial charge in [0.2, 0.25) is 5.91 Å². The minimum absolute atomic E-state index is 0.261. The third-order valence-corrected chi connectivity index (χ3v) is 3.52. The second kappa shape index (κ2) is 4.12. The molecular weight excluding hydrogens is 162 g/mol. The monoisotopic (exact) mass is 181 g/mol. The zero-order valence-electron chi connectivity index (χ0n) is 8.22. The fourth-order valence-electron chi connectivity index (χ4n) is 2.64. The molecule has 0 aromatic heterocycles. The van der Waals surface area contributed by atoms with Crippen LogP contribution in [0.15, 0.2) is 0 Å². The Morgan fingerprint density at radius 2 is 1.85 bits per heavy atom. The lowest BCUT2D eigenvalue weighted by Gasteiger charge is -2.11. The molecule has 13 heavy (non-hydrogen) atoms. The molecule has 74 valence electrons. The van der Waals surface area contributed by atoms with E-state index in [4.69, 9.17) is 0 Å². The second-order valence-corrected chi connectivity index (χ2v) is 4.60. The number of hydrogen-bond acceptors (Lipinski definition) is 1. The highest BCUT2D eigenvalue weighted by Crippen LogP contribution is 2.30. The van der Waals surface area contributed by atoms with Crippen LogP contribution in [-0.2, 0) is 4.79 Å². The average Bonchev–Trinajstić information content (AvgIpc) is 2.71. The van der Waals surface area contributed by atoms with Gasteiger partial charge in [-0.05, 0) is 18.3 Å². The van der Waals surface area contributed by atoms with E-state index in [1.165, 1.54) is 38.5 Å². The summed E-state index contributed by atoms with van der Waals surface area (Å²) in [5.74, 6) is 1.89. The highest BCUT2D eigenvalue weighted by atomic mass is 16.1. The van der Waals surface area contributed by atoms with Crippen LogP contribution in [-0.4, -0.2) is 12.5 Å². The Labute approximate surface area is 80.1 Å². The van der Waals surface area contributed by atoms with E-state index in [1.807, 2.05) is 0 Å². The molecule has 1 saturated heterocycles. The van der Waals surface area contributed by atoms with Gasteiger partial charge in [-0.25, -0.2) is 0 Å². The number of rotatable bonds is 3. The molecule has 1 atom stereocenters. The molecule has 1 aliphatic heterocycles. The lowest BCUT2D eigenvalue weighted by Crippen LogP contribution is -2.14. The van der Waals surface area contributed by atoms with Crippen LogP contribution in [0.4, 0.5) is 0 Å². The van der Waals surface area contributed by atoms with Crippen molar-refractivity contribution in [3.63, 3.8) is 0 Å². The van der Waals surface area contributed by atoms with Crippen LogP contribution in [0.2, 0.25) is 0 Å². The van der Waals surface area contributed by atoms with Gasteiger partial charge in [0.15, 0.2) is 0 Å². The van der Waals surface area contributed by atoms with Gasteiger partial charge >= 0.3 is 0 Å². The number of carbonyl (C=O) groups is 1. The normalized spacial score (nSPS) is 29.5. The van der Waals surface area contributed by atoms with Crippen molar-refractivity contribution in [2.24, 2.45) is 11.8 Å². The van der Waals surface area contributed by atoms with E-state index in [1.54, 1.807) is 0 Å². The maximum absolute atomic E-state index is 10.9. The summed E-state index contributed by atoms with van der Waals surface area (Å²) in [5, 5.41) is 2.91. The molecule has 1 unspecified atom stereocenters. The summed E-state index contributed by atoms with van der Waals surface area (Å²) >= 11 is 0. The van der Waals surface area contributed by atoms with E-state index < -0.39 is 0 Å². The summed E-state index contributed by atoms with van der Waals surface area (Å²) in [4.78, 5) is 10.9. The van der Waals surface area contributed by atoms with Gasteiger partial charge in [0, 0.05) is 13.0 Å². The molecule has 1 saturated carbocycles. The van der Waals surface area contributed by atoms with Crippen molar-refractivity contribution < 1.29 is 4.79 Å². The van der Waals surface area contributed by atoms with E-state index in [0.717, 1.165) is 18.9 Å². The standard InChI is InChI=1S/C11H19NO/c13-11-7-10(8-12-11)6-5-9-3-1-2-4-9/h9-10H,1-8H2,(H,12,13). The van der Waals surface area contributed by atoms with Gasteiger partial charge in [0.25, 0.3) is 0 Å². The van der Waals surface area contributed by atoms with Crippen molar-refractivity contribution in [3.8, 4) is 0 Å². The Morgan fingerprint density at radius 3 is 2.46 bits per heavy atom. The van der Waals surface area contributed by atoms with Crippen LogP contribution in [0.25, 0.3) is 0 Å². The first-order chi connectivity index (χ1) is 6.34. The molecule has 1 amide bonds. The highest BCUT2D eigenvalue weighted by molar-refractivity contribution is 5.78. The lowest BCUT2D eigenvalue weighted by atomic mass is 9.94. The van der Waals surface area contributed by atoms with E-state index in [2.05, 4.69) is 5.32 Å². The largest absolute Gasteiger partial charge is 0.356 e. The quantitative estimate of drug-likeness (QED) is 0.709. The molecule has 1 N–H and O–H groups in total. The lowest BCUT2D eigenvalue weighted by molar-refractivity contribution is -0.119. The Hall–Kier alpha value is -0.530. The number of amides is 1. The summed E-state index contributed by atoms with van der Waals surface area (Å²) in [5.41, 5.74) is 0. The van der Waals surface area contributed by atoms with Crippen molar-refractivity contribution in [1.29, 1.82) is 0 Å². The van der Waals surface area contributed by atoms with E-state index in [9.17, 15) is 4.79 Å². The van der Waals surface area contributed by atoms with Gasteiger partial charge in [-0.1, -0.05) is 32.1 Å². The second-order valence-electron chi connectivity index (χ2n) is 4.60. The molecule has 2 aliphatic rings. The van der Waals surface area contributed by atoms with Gasteiger partial charge in [-0.2, -0.15) is 0 Å². The highest BCUT2D eigenvalue weighted by Gasteiger charge is 2.23. The Morgan fingerprint density at radius 1 is 1.15 bits per heavy atom. The summed E-state index contributed by atoms with van der Waals surface area (Å²) in [6.45, 7) is 0.936. The zero-order chi connectivity index (χ0) is 9.10. The Kier molecular flexibility index (Phi) is 2.87. The van der Waals surface area contributed by atoms with Crippen molar-refractivity contribution in [1.82, 2.24) is 5.32 Å². The predicted molar refractivity (Wildman–Crippen MR) is 52.3 cm³/mol. The minimum atomic E-state index is 0.261. The molecule has 0 aromatic rings. The van der Waals surface area contributed by atoms with Gasteiger partial charge in [-0.15, -0.1) is 0 Å². The maximum Gasteiger partial charge on any atom is 0.220 e. The fourth-order valence-corrected chi connectivity index (χ4v) is 2.64. The van der Waals surface area contributed by atoms with Crippen LogP contribution >= 0.6 is 0 Å². The first-order valence-electron chi connectivity index (χ1n) is 5.61. The molecule has 0 radical (unpaired) electrons. The van der Waals surface area contributed by atoms with Crippen LogP contribution in [0.1, 0.15) is 44.9 Å². The Balaban J connectivity index is 1.64. The van der Waals surface area contributed by atoms with Crippen molar-refractivity contribution in [2.45, 2.75) is 44.9 Å². The zero-order valence-corrected chi connectivity index (χ0v) is 8.22. The van der Waals surface area contributed by atoms with Gasteiger partial charge < -0.3 is 5.32 Å². The van der Waals surface area contributed by atoms with Crippen molar-refractivity contribution in [3.05, 3.63) is 0 Å². The van der Waals surface area contributed by atoms with Crippen LogP contribution in [0.3, 0.4) is 0 Å². The van der Waals surface area contributed by atoms with Crippen LogP contribution in [0, 0.1) is 11.8 Å². The molecule has 1 heterocycles. The van der Waals surface area contributed by atoms with E-state index in [0.29, 0.717) is 5.92 Å². The first-order valence-corrected chi connectivity index (χ1v) is 5.61. The maximum atomic E-state index is 10.9. The van der Waals surface area contributed by atoms with Crippen LogP contribution in [0.5, 0.6) is 0 Å². The number of carbonyl (C=O) groups excluding carboxylic acids is 1. The summed E-state index contributed by atoms with van der Waals surface area (Å²) < 4.78 is 0. The van der Waals surface area contributed by atoms with Gasteiger partial charge in [0.1, 0.15) is 0 Å². The average molecular weight is 181 g/mol. The molecule has 0 bridgehead atoms. The SMILES string of the molecule is O=C1CC(CCC2CCCC2)CN1. The molecule has 1 aliphatic carbocycles. The van der Waals surface area contributed by atoms with Gasteiger partial charge in [0.05, 0.1) is 0 Å². The molecule has 0 aromatic carbocycles. The van der Waals surface area contributed by atoms with Crippen molar-refractivity contribution in [2.75, 3.05) is 6.54 Å². The number of nitrogens with one attached hydrogen (secondary N) is 1. The molecule has 2 nitrogen and oxygen atoms in total. The molecule has 2 fully saturated rings. The molecule has 2 rings (SSSR count).